The van der Waals surface area contributed by atoms with Gasteiger partial charge in [-0.3, -0.25) is 4.79 Å². The normalized spacial score (nSPS) is 18.9. The molecule has 1 N–H and O–H groups in total. The van der Waals surface area contributed by atoms with Crippen LogP contribution in [0.15, 0.2) is 24.3 Å². The van der Waals surface area contributed by atoms with Gasteiger partial charge in [0.25, 0.3) is 0 Å². The van der Waals surface area contributed by atoms with Crippen LogP contribution in [0.1, 0.15) is 25.3 Å². The first-order valence-electron chi connectivity index (χ1n) is 6.80. The molecule has 19 heavy (non-hydrogen) atoms. The molecule has 1 aromatic rings. The number of carbonyl (C=O) groups excluding carboxylic acids is 1. The van der Waals surface area contributed by atoms with Gasteiger partial charge in [0.05, 0.1) is 0 Å². The maximum Gasteiger partial charge on any atom is 0.219 e. The summed E-state index contributed by atoms with van der Waals surface area (Å²) in [6, 6.07) is 8.85. The lowest BCUT2D eigenvalue weighted by Crippen LogP contribution is -2.28. The number of rotatable bonds is 4. The van der Waals surface area contributed by atoms with Gasteiger partial charge >= 0.3 is 0 Å². The van der Waals surface area contributed by atoms with Gasteiger partial charge in [-0.05, 0) is 30.2 Å². The minimum atomic E-state index is 0.100. The van der Waals surface area contributed by atoms with Crippen LogP contribution in [0, 0.1) is 0 Å². The Kier molecular flexibility index (Phi) is 5.14. The summed E-state index contributed by atoms with van der Waals surface area (Å²) >= 11 is 2.02. The van der Waals surface area contributed by atoms with Gasteiger partial charge in [-0.15, -0.1) is 0 Å². The van der Waals surface area contributed by atoms with Gasteiger partial charge in [0.15, 0.2) is 0 Å². The van der Waals surface area contributed by atoms with Gasteiger partial charge in [-0.1, -0.05) is 18.2 Å². The summed E-state index contributed by atoms with van der Waals surface area (Å²) in [5.41, 5.74) is 2.36. The summed E-state index contributed by atoms with van der Waals surface area (Å²) in [6.07, 6.45) is 2.53. The first-order valence-corrected chi connectivity index (χ1v) is 7.96. The van der Waals surface area contributed by atoms with Crippen molar-refractivity contribution >= 4 is 23.4 Å². The van der Waals surface area contributed by atoms with Crippen molar-refractivity contribution in [2.24, 2.45) is 0 Å². The van der Waals surface area contributed by atoms with Crippen molar-refractivity contribution in [3.05, 3.63) is 29.8 Å². The maximum atomic E-state index is 11.4. The number of carbonyl (C=O) groups is 1. The van der Waals surface area contributed by atoms with Gasteiger partial charge in [-0.25, -0.2) is 0 Å². The van der Waals surface area contributed by atoms with E-state index >= 15 is 0 Å². The predicted octanol–water partition coefficient (Wildman–Crippen LogP) is 2.97. The minimum absolute atomic E-state index is 0.100. The van der Waals surface area contributed by atoms with E-state index in [-0.39, 0.29) is 5.91 Å². The highest BCUT2D eigenvalue weighted by atomic mass is 32.2. The molecular formula is C15H22N2OS. The van der Waals surface area contributed by atoms with Crippen molar-refractivity contribution < 1.29 is 4.79 Å². The van der Waals surface area contributed by atoms with Crippen molar-refractivity contribution in [1.82, 2.24) is 4.90 Å². The highest BCUT2D eigenvalue weighted by molar-refractivity contribution is 7.99. The zero-order chi connectivity index (χ0) is 13.7. The third-order valence-electron chi connectivity index (χ3n) is 3.48. The number of anilines is 1. The summed E-state index contributed by atoms with van der Waals surface area (Å²) in [7, 11) is 1.84. The van der Waals surface area contributed by atoms with E-state index in [1.807, 2.05) is 24.9 Å². The van der Waals surface area contributed by atoms with E-state index in [2.05, 4.69) is 23.5 Å². The average Bonchev–Trinajstić information content (AvgIpc) is 2.42. The predicted molar refractivity (Wildman–Crippen MR) is 82.6 cm³/mol. The standard InChI is InChI=1S/C15H22N2OS/c1-12(18)17(2)10-13-6-3-4-8-15(13)16-14-7-5-9-19-11-14/h3-4,6,8,14,16H,5,7,9-11H2,1-2H3. The Labute approximate surface area is 119 Å². The van der Waals surface area contributed by atoms with Gasteiger partial charge in [0.2, 0.25) is 5.91 Å². The van der Waals surface area contributed by atoms with E-state index in [0.717, 1.165) is 0 Å². The Morgan fingerprint density at radius 2 is 2.26 bits per heavy atom. The van der Waals surface area contributed by atoms with Crippen LogP contribution in [0.4, 0.5) is 5.69 Å². The largest absolute Gasteiger partial charge is 0.381 e. The number of thioether (sulfide) groups is 1. The van der Waals surface area contributed by atoms with Crippen molar-refractivity contribution in [2.45, 2.75) is 32.4 Å². The monoisotopic (exact) mass is 278 g/mol. The zero-order valence-electron chi connectivity index (χ0n) is 11.7. The summed E-state index contributed by atoms with van der Waals surface area (Å²) in [5.74, 6) is 2.56. The molecule has 1 aliphatic heterocycles. The van der Waals surface area contributed by atoms with E-state index in [4.69, 9.17) is 0 Å². The second kappa shape index (κ2) is 6.85. The summed E-state index contributed by atoms with van der Waals surface area (Å²) in [5, 5.41) is 3.63. The lowest BCUT2D eigenvalue weighted by molar-refractivity contribution is -0.128. The molecule has 0 aromatic heterocycles. The molecule has 1 aromatic carbocycles. The first kappa shape index (κ1) is 14.3. The highest BCUT2D eigenvalue weighted by Crippen LogP contribution is 2.23. The van der Waals surface area contributed by atoms with Crippen LogP contribution in [0.3, 0.4) is 0 Å². The SMILES string of the molecule is CC(=O)N(C)Cc1ccccc1NC1CCCSC1. The molecule has 0 spiro atoms. The molecule has 104 valence electrons. The summed E-state index contributed by atoms with van der Waals surface area (Å²) in [4.78, 5) is 13.1. The lowest BCUT2D eigenvalue weighted by atomic mass is 10.1. The van der Waals surface area contributed by atoms with Crippen molar-refractivity contribution in [3.63, 3.8) is 0 Å². The molecule has 0 saturated carbocycles. The fourth-order valence-electron chi connectivity index (χ4n) is 2.24. The van der Waals surface area contributed by atoms with Gasteiger partial charge in [0.1, 0.15) is 0 Å². The Balaban J connectivity index is 2.04. The number of nitrogens with zero attached hydrogens (tertiary/aromatic N) is 1. The zero-order valence-corrected chi connectivity index (χ0v) is 12.5. The number of para-hydroxylation sites is 1. The molecule has 3 nitrogen and oxygen atoms in total. The second-order valence-electron chi connectivity index (χ2n) is 5.09. The van der Waals surface area contributed by atoms with Crippen LogP contribution in [-0.2, 0) is 11.3 Å². The van der Waals surface area contributed by atoms with E-state index in [9.17, 15) is 4.79 Å². The van der Waals surface area contributed by atoms with E-state index in [1.165, 1.54) is 35.6 Å². The van der Waals surface area contributed by atoms with Crippen LogP contribution in [-0.4, -0.2) is 35.4 Å². The Bertz CT molecular complexity index is 430. The van der Waals surface area contributed by atoms with E-state index in [1.54, 1.807) is 11.8 Å². The maximum absolute atomic E-state index is 11.4. The Morgan fingerprint density at radius 1 is 1.47 bits per heavy atom. The molecule has 1 heterocycles. The van der Waals surface area contributed by atoms with Crippen LogP contribution in [0.5, 0.6) is 0 Å². The fourth-order valence-corrected chi connectivity index (χ4v) is 3.31. The summed E-state index contributed by atoms with van der Waals surface area (Å²) in [6.45, 7) is 2.27. The number of amides is 1. The average molecular weight is 278 g/mol. The van der Waals surface area contributed by atoms with Crippen molar-refractivity contribution in [1.29, 1.82) is 0 Å². The Morgan fingerprint density at radius 3 is 2.95 bits per heavy atom. The van der Waals surface area contributed by atoms with Gasteiger partial charge in [0, 0.05) is 38.0 Å². The molecule has 1 aliphatic rings. The summed E-state index contributed by atoms with van der Waals surface area (Å²) < 4.78 is 0. The highest BCUT2D eigenvalue weighted by Gasteiger charge is 2.15. The van der Waals surface area contributed by atoms with Crippen LogP contribution < -0.4 is 5.32 Å². The molecule has 0 aliphatic carbocycles. The van der Waals surface area contributed by atoms with Crippen LogP contribution in [0.25, 0.3) is 0 Å². The van der Waals surface area contributed by atoms with Crippen molar-refractivity contribution in [3.8, 4) is 0 Å². The Hall–Kier alpha value is -1.16. The third-order valence-corrected chi connectivity index (χ3v) is 4.70. The lowest BCUT2D eigenvalue weighted by Gasteiger charge is -2.26. The number of hydrogen-bond donors (Lipinski definition) is 1. The molecule has 1 saturated heterocycles. The smallest absolute Gasteiger partial charge is 0.219 e. The van der Waals surface area contributed by atoms with E-state index < -0.39 is 0 Å². The first-order chi connectivity index (χ1) is 9.16. The number of benzene rings is 1. The van der Waals surface area contributed by atoms with Crippen LogP contribution in [0.2, 0.25) is 0 Å². The van der Waals surface area contributed by atoms with Crippen molar-refractivity contribution in [2.75, 3.05) is 23.9 Å². The van der Waals surface area contributed by atoms with E-state index in [0.29, 0.717) is 12.6 Å². The molecule has 0 bridgehead atoms. The number of nitrogens with one attached hydrogen (secondary N) is 1. The molecule has 2 rings (SSSR count). The molecule has 1 atom stereocenters. The molecule has 4 heteroatoms. The molecule has 1 amide bonds. The van der Waals surface area contributed by atoms with Gasteiger partial charge in [-0.2, -0.15) is 11.8 Å². The fraction of sp³-hybridized carbons (Fsp3) is 0.533. The quantitative estimate of drug-likeness (QED) is 0.919. The minimum Gasteiger partial charge on any atom is -0.381 e. The molecule has 0 radical (unpaired) electrons. The topological polar surface area (TPSA) is 32.3 Å². The number of hydrogen-bond acceptors (Lipinski definition) is 3. The third kappa shape index (κ3) is 4.16. The van der Waals surface area contributed by atoms with Crippen LogP contribution >= 0.6 is 11.8 Å². The molecular weight excluding hydrogens is 256 g/mol. The van der Waals surface area contributed by atoms with Gasteiger partial charge < -0.3 is 10.2 Å². The second-order valence-corrected chi connectivity index (χ2v) is 6.24. The molecule has 1 fully saturated rings. The molecule has 1 unspecified atom stereocenters.